The van der Waals surface area contributed by atoms with Crippen LogP contribution in [0.1, 0.15) is 43.7 Å². The molecule has 1 fully saturated rings. The number of thiazole rings is 2. The molecular formula is C23H23N5O2S2. The van der Waals surface area contributed by atoms with Crippen LogP contribution >= 0.6 is 22.7 Å². The fraction of sp³-hybridized carbons (Fsp3) is 0.304. The fourth-order valence-electron chi connectivity index (χ4n) is 4.07. The zero-order valence-corrected chi connectivity index (χ0v) is 19.7. The van der Waals surface area contributed by atoms with Crippen molar-refractivity contribution in [3.8, 4) is 10.4 Å². The number of benzene rings is 1. The summed E-state index contributed by atoms with van der Waals surface area (Å²) in [4.78, 5) is 38.7. The molecule has 0 saturated carbocycles. The highest BCUT2D eigenvalue weighted by molar-refractivity contribution is 7.15. The Balaban J connectivity index is 1.31. The number of carbonyl (C=O) groups is 2. The van der Waals surface area contributed by atoms with Gasteiger partial charge in [0.2, 0.25) is 0 Å². The maximum absolute atomic E-state index is 13.3. The normalized spacial score (nSPS) is 15.7. The molecule has 1 N–H and O–H groups in total. The van der Waals surface area contributed by atoms with E-state index in [4.69, 9.17) is 0 Å². The first-order chi connectivity index (χ1) is 15.4. The lowest BCUT2D eigenvalue weighted by Gasteiger charge is -2.40. The minimum atomic E-state index is -0.169. The molecule has 164 valence electrons. The molecular weight excluding hydrogens is 442 g/mol. The predicted octanol–water partition coefficient (Wildman–Crippen LogP) is 4.09. The molecule has 0 bridgehead atoms. The van der Waals surface area contributed by atoms with E-state index in [9.17, 15) is 9.59 Å². The number of imidazole rings is 1. The van der Waals surface area contributed by atoms with E-state index in [1.165, 1.54) is 11.3 Å². The Morgan fingerprint density at radius 2 is 2.06 bits per heavy atom. The summed E-state index contributed by atoms with van der Waals surface area (Å²) in [6.07, 6.45) is 2.71. The lowest BCUT2D eigenvalue weighted by molar-refractivity contribution is 0.0451. The number of nitrogens with zero attached hydrogens (tertiary/aromatic N) is 4. The molecule has 3 aromatic heterocycles. The van der Waals surface area contributed by atoms with Gasteiger partial charge in [0.05, 0.1) is 21.6 Å². The van der Waals surface area contributed by atoms with Crippen molar-refractivity contribution in [1.82, 2.24) is 24.6 Å². The van der Waals surface area contributed by atoms with Crippen LogP contribution < -0.4 is 5.32 Å². The monoisotopic (exact) mass is 465 g/mol. The minimum Gasteiger partial charge on any atom is -0.349 e. The standard InChI is InChI=1S/C23H23N5O2S2/c1-13-5-4-6-16(11-13)20-18(26-15(3)32-20)22(30)27-8-7-17(27)12-24-21(29)19-14(2)25-23-28(19)9-10-31-23/h4-6,9-11,17H,7-8,12H2,1-3H3,(H,24,29). The van der Waals surface area contributed by atoms with Crippen LogP contribution in [0.15, 0.2) is 35.8 Å². The number of likely N-dealkylation sites (tertiary alicyclic amines) is 1. The summed E-state index contributed by atoms with van der Waals surface area (Å²) in [5, 5.41) is 5.77. The molecule has 0 radical (unpaired) electrons. The fourth-order valence-corrected chi connectivity index (χ4v) is 5.74. The van der Waals surface area contributed by atoms with Crippen LogP contribution in [-0.4, -0.2) is 50.2 Å². The maximum Gasteiger partial charge on any atom is 0.274 e. The third kappa shape index (κ3) is 3.61. The zero-order chi connectivity index (χ0) is 22.4. The summed E-state index contributed by atoms with van der Waals surface area (Å²) in [7, 11) is 0. The molecule has 1 aliphatic heterocycles. The number of aryl methyl sites for hydroxylation is 3. The first-order valence-corrected chi connectivity index (χ1v) is 12.2. The van der Waals surface area contributed by atoms with Crippen molar-refractivity contribution in [2.24, 2.45) is 0 Å². The van der Waals surface area contributed by atoms with Gasteiger partial charge in [-0.3, -0.25) is 14.0 Å². The van der Waals surface area contributed by atoms with Gasteiger partial charge in [-0.15, -0.1) is 22.7 Å². The molecule has 1 unspecified atom stereocenters. The molecule has 4 heterocycles. The van der Waals surface area contributed by atoms with Crippen molar-refractivity contribution >= 4 is 39.4 Å². The van der Waals surface area contributed by atoms with Gasteiger partial charge in [-0.1, -0.05) is 29.8 Å². The number of aromatic nitrogens is 3. The Morgan fingerprint density at radius 1 is 1.22 bits per heavy atom. The molecule has 32 heavy (non-hydrogen) atoms. The van der Waals surface area contributed by atoms with E-state index in [-0.39, 0.29) is 17.9 Å². The van der Waals surface area contributed by atoms with E-state index in [1.54, 1.807) is 11.3 Å². The van der Waals surface area contributed by atoms with E-state index >= 15 is 0 Å². The average molecular weight is 466 g/mol. The van der Waals surface area contributed by atoms with Crippen molar-refractivity contribution in [3.63, 3.8) is 0 Å². The second-order valence-electron chi connectivity index (χ2n) is 8.03. The summed E-state index contributed by atoms with van der Waals surface area (Å²) in [5.41, 5.74) is 3.92. The minimum absolute atomic E-state index is 0.0370. The highest BCUT2D eigenvalue weighted by atomic mass is 32.1. The van der Waals surface area contributed by atoms with Crippen molar-refractivity contribution in [1.29, 1.82) is 0 Å². The molecule has 0 spiro atoms. The zero-order valence-electron chi connectivity index (χ0n) is 18.1. The van der Waals surface area contributed by atoms with Gasteiger partial charge in [-0.2, -0.15) is 0 Å². The van der Waals surface area contributed by atoms with Gasteiger partial charge in [0, 0.05) is 24.7 Å². The van der Waals surface area contributed by atoms with Gasteiger partial charge >= 0.3 is 0 Å². The first-order valence-electron chi connectivity index (χ1n) is 10.5. The van der Waals surface area contributed by atoms with Gasteiger partial charge in [-0.05, 0) is 32.8 Å². The van der Waals surface area contributed by atoms with Crippen LogP contribution in [0.25, 0.3) is 15.4 Å². The number of nitrogens with one attached hydrogen (secondary N) is 1. The first kappa shape index (κ1) is 20.8. The van der Waals surface area contributed by atoms with Crippen LogP contribution in [0.2, 0.25) is 0 Å². The smallest absolute Gasteiger partial charge is 0.274 e. The van der Waals surface area contributed by atoms with Gasteiger partial charge in [0.1, 0.15) is 11.4 Å². The quantitative estimate of drug-likeness (QED) is 0.482. The van der Waals surface area contributed by atoms with Crippen molar-refractivity contribution in [3.05, 3.63) is 63.5 Å². The summed E-state index contributed by atoms with van der Waals surface area (Å²) in [6.45, 7) is 6.88. The van der Waals surface area contributed by atoms with Crippen molar-refractivity contribution in [2.45, 2.75) is 33.2 Å². The molecule has 7 nitrogen and oxygen atoms in total. The van der Waals surface area contributed by atoms with E-state index in [2.05, 4.69) is 21.4 Å². The van der Waals surface area contributed by atoms with Crippen LogP contribution in [-0.2, 0) is 0 Å². The summed E-state index contributed by atoms with van der Waals surface area (Å²) >= 11 is 3.04. The number of fused-ring (bicyclic) bond motifs is 1. The Morgan fingerprint density at radius 3 is 2.81 bits per heavy atom. The third-order valence-corrected chi connectivity index (χ3v) is 7.55. The Hall–Kier alpha value is -3.04. The van der Waals surface area contributed by atoms with Crippen LogP contribution in [0.4, 0.5) is 0 Å². The molecule has 1 aromatic carbocycles. The third-order valence-electron chi connectivity index (χ3n) is 5.77. The Bertz CT molecular complexity index is 1340. The van der Waals surface area contributed by atoms with Gasteiger partial charge in [-0.25, -0.2) is 9.97 Å². The highest BCUT2D eigenvalue weighted by Gasteiger charge is 2.35. The number of amides is 2. The lowest BCUT2D eigenvalue weighted by Crippen LogP contribution is -2.56. The Labute approximate surface area is 193 Å². The highest BCUT2D eigenvalue weighted by Crippen LogP contribution is 2.33. The molecule has 5 rings (SSSR count). The topological polar surface area (TPSA) is 79.6 Å². The number of hydrogen-bond acceptors (Lipinski definition) is 6. The van der Waals surface area contributed by atoms with Crippen molar-refractivity contribution < 1.29 is 9.59 Å². The van der Waals surface area contributed by atoms with Crippen LogP contribution in [0.5, 0.6) is 0 Å². The van der Waals surface area contributed by atoms with Crippen LogP contribution in [0, 0.1) is 20.8 Å². The second kappa shape index (κ2) is 8.14. The molecule has 1 aliphatic rings. The summed E-state index contributed by atoms with van der Waals surface area (Å²) < 4.78 is 1.81. The maximum atomic E-state index is 13.3. The Kier molecular flexibility index (Phi) is 5.30. The number of carbonyl (C=O) groups excluding carboxylic acids is 2. The molecule has 1 saturated heterocycles. The lowest BCUT2D eigenvalue weighted by atomic mass is 10.0. The molecule has 1 atom stereocenters. The van der Waals surface area contributed by atoms with E-state index < -0.39 is 0 Å². The summed E-state index contributed by atoms with van der Waals surface area (Å²) in [6, 6.07) is 8.10. The van der Waals surface area contributed by atoms with Gasteiger partial charge in [0.25, 0.3) is 11.8 Å². The van der Waals surface area contributed by atoms with Gasteiger partial charge < -0.3 is 10.2 Å². The average Bonchev–Trinajstić information content (AvgIpc) is 3.41. The van der Waals surface area contributed by atoms with Gasteiger partial charge in [0.15, 0.2) is 4.96 Å². The van der Waals surface area contributed by atoms with E-state index in [1.807, 2.05) is 59.8 Å². The van der Waals surface area contributed by atoms with Crippen LogP contribution in [0.3, 0.4) is 0 Å². The molecule has 4 aromatic rings. The number of hydrogen-bond donors (Lipinski definition) is 1. The van der Waals surface area contributed by atoms with E-state index in [0.717, 1.165) is 32.4 Å². The molecule has 2 amide bonds. The summed E-state index contributed by atoms with van der Waals surface area (Å²) in [5.74, 6) is -0.241. The number of rotatable bonds is 5. The second-order valence-corrected chi connectivity index (χ2v) is 10.1. The van der Waals surface area contributed by atoms with Crippen molar-refractivity contribution in [2.75, 3.05) is 13.1 Å². The molecule has 0 aliphatic carbocycles. The molecule has 9 heteroatoms. The van der Waals surface area contributed by atoms with E-state index in [0.29, 0.717) is 30.2 Å². The SMILES string of the molecule is Cc1cccc(-c2sc(C)nc2C(=O)N2CCC2CNC(=O)c2c(C)nc3sccn23)c1. The predicted molar refractivity (Wildman–Crippen MR) is 127 cm³/mol. The largest absolute Gasteiger partial charge is 0.349 e.